The normalized spacial score (nSPS) is 20.2. The number of hydrogen-bond acceptors (Lipinski definition) is 4. The molecule has 1 fully saturated rings. The lowest BCUT2D eigenvalue weighted by Crippen LogP contribution is -2.39. The van der Waals surface area contributed by atoms with Gasteiger partial charge >= 0.3 is 12.1 Å². The van der Waals surface area contributed by atoms with Crippen molar-refractivity contribution < 1.29 is 19.1 Å². The fourth-order valence-electron chi connectivity index (χ4n) is 1.80. The number of ether oxygens (including phenoxy) is 2. The molecular formula is C13H21NO4. The quantitative estimate of drug-likeness (QED) is 0.560. The van der Waals surface area contributed by atoms with Crippen LogP contribution < -0.4 is 0 Å². The monoisotopic (exact) mass is 255 g/mol. The minimum Gasteiger partial charge on any atom is -0.466 e. The largest absolute Gasteiger partial charge is 0.466 e. The van der Waals surface area contributed by atoms with E-state index in [0.29, 0.717) is 6.54 Å². The lowest BCUT2D eigenvalue weighted by atomic mass is 10.2. The second kappa shape index (κ2) is 5.89. The molecular weight excluding hydrogens is 234 g/mol. The molecule has 1 aliphatic heterocycles. The zero-order valence-electron chi connectivity index (χ0n) is 11.4. The van der Waals surface area contributed by atoms with Gasteiger partial charge in [0, 0.05) is 12.6 Å². The van der Waals surface area contributed by atoms with E-state index >= 15 is 0 Å². The van der Waals surface area contributed by atoms with E-state index in [9.17, 15) is 9.59 Å². The summed E-state index contributed by atoms with van der Waals surface area (Å²) in [7, 11) is 1.33. The van der Waals surface area contributed by atoms with Crippen molar-refractivity contribution in [2.45, 2.75) is 45.3 Å². The summed E-state index contributed by atoms with van der Waals surface area (Å²) in [4.78, 5) is 24.6. The van der Waals surface area contributed by atoms with E-state index in [2.05, 4.69) is 4.74 Å². The molecule has 0 N–H and O–H groups in total. The van der Waals surface area contributed by atoms with Gasteiger partial charge in [-0.2, -0.15) is 0 Å². The van der Waals surface area contributed by atoms with E-state index in [1.807, 2.05) is 20.8 Å². The summed E-state index contributed by atoms with van der Waals surface area (Å²) in [5.41, 5.74) is -0.504. The highest BCUT2D eigenvalue weighted by Crippen LogP contribution is 2.21. The zero-order valence-corrected chi connectivity index (χ0v) is 11.4. The van der Waals surface area contributed by atoms with Gasteiger partial charge in [0.2, 0.25) is 0 Å². The topological polar surface area (TPSA) is 55.8 Å². The van der Waals surface area contributed by atoms with Crippen LogP contribution in [0.25, 0.3) is 0 Å². The lowest BCUT2D eigenvalue weighted by Gasteiger charge is -2.27. The third-order valence-electron chi connectivity index (χ3n) is 2.58. The van der Waals surface area contributed by atoms with Gasteiger partial charge in [0.05, 0.1) is 13.2 Å². The summed E-state index contributed by atoms with van der Waals surface area (Å²) >= 11 is 0. The van der Waals surface area contributed by atoms with E-state index in [1.165, 1.54) is 13.2 Å². The number of rotatable bonds is 2. The van der Waals surface area contributed by atoms with Crippen LogP contribution in [0.4, 0.5) is 4.79 Å². The van der Waals surface area contributed by atoms with Crippen LogP contribution in [0.5, 0.6) is 0 Å². The van der Waals surface area contributed by atoms with Gasteiger partial charge in [0.1, 0.15) is 5.60 Å². The molecule has 0 bridgehead atoms. The maximum atomic E-state index is 11.9. The molecule has 0 aromatic heterocycles. The Morgan fingerprint density at radius 3 is 2.56 bits per heavy atom. The number of likely N-dealkylation sites (tertiary alicyclic amines) is 1. The van der Waals surface area contributed by atoms with Crippen LogP contribution in [0.15, 0.2) is 12.2 Å². The molecule has 0 aromatic rings. The molecule has 0 spiro atoms. The Hall–Kier alpha value is -1.52. The Bertz CT molecular complexity index is 343. The van der Waals surface area contributed by atoms with Crippen molar-refractivity contribution in [3.8, 4) is 0 Å². The van der Waals surface area contributed by atoms with Gasteiger partial charge in [-0.15, -0.1) is 0 Å². The SMILES string of the molecule is COC(=O)C=CC1CCCN1C(=O)OC(C)(C)C. The lowest BCUT2D eigenvalue weighted by molar-refractivity contribution is -0.134. The molecule has 1 aliphatic rings. The van der Waals surface area contributed by atoms with Crippen molar-refractivity contribution in [1.29, 1.82) is 0 Å². The first-order valence-corrected chi connectivity index (χ1v) is 6.09. The summed E-state index contributed by atoms with van der Waals surface area (Å²) in [5.74, 6) is -0.411. The maximum absolute atomic E-state index is 11.9. The first-order chi connectivity index (χ1) is 8.33. The van der Waals surface area contributed by atoms with Gasteiger partial charge in [0.15, 0.2) is 0 Å². The zero-order chi connectivity index (χ0) is 13.8. The first-order valence-electron chi connectivity index (χ1n) is 6.09. The van der Waals surface area contributed by atoms with Crippen LogP contribution >= 0.6 is 0 Å². The summed E-state index contributed by atoms with van der Waals surface area (Å²) in [6.45, 7) is 6.16. The van der Waals surface area contributed by atoms with Gasteiger partial charge in [-0.3, -0.25) is 0 Å². The predicted octanol–water partition coefficient (Wildman–Crippen LogP) is 2.12. The van der Waals surface area contributed by atoms with Crippen LogP contribution in [0.1, 0.15) is 33.6 Å². The second-order valence-corrected chi connectivity index (χ2v) is 5.27. The van der Waals surface area contributed by atoms with E-state index in [-0.39, 0.29) is 12.1 Å². The van der Waals surface area contributed by atoms with Crippen LogP contribution in [0.2, 0.25) is 0 Å². The van der Waals surface area contributed by atoms with Crippen molar-refractivity contribution >= 4 is 12.1 Å². The highest BCUT2D eigenvalue weighted by molar-refractivity contribution is 5.82. The average Bonchev–Trinajstić information content (AvgIpc) is 2.71. The highest BCUT2D eigenvalue weighted by atomic mass is 16.6. The predicted molar refractivity (Wildman–Crippen MR) is 67.1 cm³/mol. The summed E-state index contributed by atoms with van der Waals surface area (Å²) in [6.07, 6.45) is 4.47. The Balaban J connectivity index is 2.62. The Labute approximate surface area is 108 Å². The van der Waals surface area contributed by atoms with Crippen molar-refractivity contribution in [2.75, 3.05) is 13.7 Å². The summed E-state index contributed by atoms with van der Waals surface area (Å²) in [5, 5.41) is 0. The molecule has 5 nitrogen and oxygen atoms in total. The molecule has 1 saturated heterocycles. The Kier molecular flexibility index (Phi) is 4.76. The molecule has 0 aromatic carbocycles. The minimum absolute atomic E-state index is 0.0843. The standard InChI is InChI=1S/C13H21NO4/c1-13(2,3)18-12(16)14-9-5-6-10(14)7-8-11(15)17-4/h7-8,10H,5-6,9H2,1-4H3. The number of amides is 1. The Morgan fingerprint density at radius 2 is 2.00 bits per heavy atom. The van der Waals surface area contributed by atoms with E-state index in [4.69, 9.17) is 4.74 Å². The minimum atomic E-state index is -0.504. The fourth-order valence-corrected chi connectivity index (χ4v) is 1.80. The van der Waals surface area contributed by atoms with Gasteiger partial charge < -0.3 is 14.4 Å². The van der Waals surface area contributed by atoms with Crippen LogP contribution in [-0.4, -0.2) is 42.3 Å². The van der Waals surface area contributed by atoms with Gasteiger partial charge in [-0.25, -0.2) is 9.59 Å². The van der Waals surface area contributed by atoms with Gasteiger partial charge in [-0.05, 0) is 33.6 Å². The van der Waals surface area contributed by atoms with E-state index in [1.54, 1.807) is 11.0 Å². The summed E-state index contributed by atoms with van der Waals surface area (Å²) < 4.78 is 9.85. The fraction of sp³-hybridized carbons (Fsp3) is 0.692. The molecule has 102 valence electrons. The van der Waals surface area contributed by atoms with Crippen molar-refractivity contribution in [3.05, 3.63) is 12.2 Å². The molecule has 1 unspecified atom stereocenters. The maximum Gasteiger partial charge on any atom is 0.410 e. The number of carbonyl (C=O) groups excluding carboxylic acids is 2. The van der Waals surface area contributed by atoms with Crippen LogP contribution in [0.3, 0.4) is 0 Å². The molecule has 0 radical (unpaired) electrons. The second-order valence-electron chi connectivity index (χ2n) is 5.27. The molecule has 1 rings (SSSR count). The third kappa shape index (κ3) is 4.39. The number of nitrogens with zero attached hydrogens (tertiary/aromatic N) is 1. The molecule has 1 heterocycles. The van der Waals surface area contributed by atoms with Crippen LogP contribution in [-0.2, 0) is 14.3 Å². The van der Waals surface area contributed by atoms with Crippen LogP contribution in [0, 0.1) is 0 Å². The molecule has 1 atom stereocenters. The molecule has 0 aliphatic carbocycles. The molecule has 0 saturated carbocycles. The van der Waals surface area contributed by atoms with Gasteiger partial charge in [0.25, 0.3) is 0 Å². The number of methoxy groups -OCH3 is 1. The number of hydrogen-bond donors (Lipinski definition) is 0. The van der Waals surface area contributed by atoms with Crippen molar-refractivity contribution in [2.24, 2.45) is 0 Å². The number of esters is 1. The Morgan fingerprint density at radius 1 is 1.33 bits per heavy atom. The van der Waals surface area contributed by atoms with E-state index in [0.717, 1.165) is 12.8 Å². The number of carbonyl (C=O) groups is 2. The highest BCUT2D eigenvalue weighted by Gasteiger charge is 2.30. The molecule has 18 heavy (non-hydrogen) atoms. The molecule has 1 amide bonds. The van der Waals surface area contributed by atoms with Gasteiger partial charge in [-0.1, -0.05) is 6.08 Å². The average molecular weight is 255 g/mol. The first kappa shape index (κ1) is 14.5. The summed E-state index contributed by atoms with van der Waals surface area (Å²) in [6, 6.07) is -0.0843. The third-order valence-corrected chi connectivity index (χ3v) is 2.58. The van der Waals surface area contributed by atoms with Crippen molar-refractivity contribution in [3.63, 3.8) is 0 Å². The molecule has 5 heteroatoms. The smallest absolute Gasteiger partial charge is 0.410 e. The van der Waals surface area contributed by atoms with E-state index < -0.39 is 11.6 Å². The van der Waals surface area contributed by atoms with Crippen molar-refractivity contribution in [1.82, 2.24) is 4.90 Å².